The van der Waals surface area contributed by atoms with E-state index in [2.05, 4.69) is 5.32 Å². The van der Waals surface area contributed by atoms with Crippen molar-refractivity contribution in [1.82, 2.24) is 5.32 Å². The first-order valence-electron chi connectivity index (χ1n) is 5.71. The van der Waals surface area contributed by atoms with Crippen LogP contribution >= 0.6 is 0 Å². The molecular formula is C13H14FNO2. The Morgan fingerprint density at radius 3 is 2.65 bits per heavy atom. The molecule has 0 spiro atoms. The Morgan fingerprint density at radius 1 is 1.35 bits per heavy atom. The van der Waals surface area contributed by atoms with Crippen LogP contribution < -0.4 is 5.32 Å². The average Bonchev–Trinajstić information content (AvgIpc) is 2.68. The SMILES string of the molecule is O=C(Cc1ccc(F)cc1)N[C@@H]1CCCC1=O. The van der Waals surface area contributed by atoms with E-state index in [0.29, 0.717) is 6.42 Å². The molecule has 0 radical (unpaired) electrons. The molecule has 90 valence electrons. The lowest BCUT2D eigenvalue weighted by atomic mass is 10.1. The van der Waals surface area contributed by atoms with E-state index < -0.39 is 0 Å². The number of carbonyl (C=O) groups is 2. The summed E-state index contributed by atoms with van der Waals surface area (Å²) in [7, 11) is 0. The minimum absolute atomic E-state index is 0.109. The van der Waals surface area contributed by atoms with Gasteiger partial charge in [-0.25, -0.2) is 4.39 Å². The van der Waals surface area contributed by atoms with Gasteiger partial charge in [0.1, 0.15) is 5.82 Å². The molecular weight excluding hydrogens is 221 g/mol. The second kappa shape index (κ2) is 5.08. The monoisotopic (exact) mass is 235 g/mol. The number of carbonyl (C=O) groups excluding carboxylic acids is 2. The van der Waals surface area contributed by atoms with Crippen molar-refractivity contribution in [3.8, 4) is 0 Å². The van der Waals surface area contributed by atoms with Gasteiger partial charge in [0, 0.05) is 6.42 Å². The maximum atomic E-state index is 12.7. The number of Topliss-reactive ketones (excluding diaryl/α,β-unsaturated/α-hetero) is 1. The van der Waals surface area contributed by atoms with Gasteiger partial charge in [0.25, 0.3) is 0 Å². The van der Waals surface area contributed by atoms with Crippen LogP contribution in [0.4, 0.5) is 4.39 Å². The lowest BCUT2D eigenvalue weighted by molar-refractivity contribution is -0.126. The molecule has 0 bridgehead atoms. The Kier molecular flexibility index (Phi) is 3.52. The number of hydrogen-bond acceptors (Lipinski definition) is 2. The Labute approximate surface area is 99.0 Å². The molecule has 0 saturated heterocycles. The van der Waals surface area contributed by atoms with E-state index in [1.54, 1.807) is 12.1 Å². The van der Waals surface area contributed by atoms with Crippen LogP contribution in [0.25, 0.3) is 0 Å². The molecule has 1 aromatic rings. The van der Waals surface area contributed by atoms with Gasteiger partial charge in [0.05, 0.1) is 12.5 Å². The molecule has 4 heteroatoms. The molecule has 0 heterocycles. The Morgan fingerprint density at radius 2 is 2.06 bits per heavy atom. The molecule has 17 heavy (non-hydrogen) atoms. The summed E-state index contributed by atoms with van der Waals surface area (Å²) in [6.07, 6.45) is 2.32. The lowest BCUT2D eigenvalue weighted by Gasteiger charge is -2.10. The van der Waals surface area contributed by atoms with Crippen molar-refractivity contribution in [3.63, 3.8) is 0 Å². The summed E-state index contributed by atoms with van der Waals surface area (Å²) >= 11 is 0. The fourth-order valence-corrected chi connectivity index (χ4v) is 2.00. The summed E-state index contributed by atoms with van der Waals surface area (Å²) in [6.45, 7) is 0. The second-order valence-corrected chi connectivity index (χ2v) is 4.28. The molecule has 1 amide bonds. The first kappa shape index (κ1) is 11.8. The number of amides is 1. The molecule has 1 saturated carbocycles. The fourth-order valence-electron chi connectivity index (χ4n) is 2.00. The molecule has 1 fully saturated rings. The number of benzene rings is 1. The molecule has 1 atom stereocenters. The summed E-state index contributed by atoms with van der Waals surface area (Å²) in [5.41, 5.74) is 0.745. The van der Waals surface area contributed by atoms with Gasteiger partial charge in [0.15, 0.2) is 5.78 Å². The first-order chi connectivity index (χ1) is 8.15. The molecule has 3 nitrogen and oxygen atoms in total. The zero-order valence-electron chi connectivity index (χ0n) is 9.41. The topological polar surface area (TPSA) is 46.2 Å². The highest BCUT2D eigenvalue weighted by atomic mass is 19.1. The number of rotatable bonds is 3. The quantitative estimate of drug-likeness (QED) is 0.865. The van der Waals surface area contributed by atoms with Gasteiger partial charge < -0.3 is 5.32 Å². The zero-order valence-corrected chi connectivity index (χ0v) is 9.41. The molecule has 1 aliphatic rings. The molecule has 1 aromatic carbocycles. The average molecular weight is 235 g/mol. The predicted molar refractivity (Wildman–Crippen MR) is 60.9 cm³/mol. The van der Waals surface area contributed by atoms with Crippen molar-refractivity contribution < 1.29 is 14.0 Å². The Hall–Kier alpha value is -1.71. The predicted octanol–water partition coefficient (Wildman–Crippen LogP) is 1.61. The van der Waals surface area contributed by atoms with Crippen molar-refractivity contribution in [3.05, 3.63) is 35.6 Å². The minimum atomic E-state index is -0.319. The Balaban J connectivity index is 1.88. The standard InChI is InChI=1S/C13H14FNO2/c14-10-6-4-9(5-7-10)8-13(17)15-11-2-1-3-12(11)16/h4-7,11H,1-3,8H2,(H,15,17)/t11-/m1/s1. The van der Waals surface area contributed by atoms with E-state index in [1.165, 1.54) is 12.1 Å². The highest BCUT2D eigenvalue weighted by Gasteiger charge is 2.25. The Bertz CT molecular complexity index is 428. The van der Waals surface area contributed by atoms with Crippen LogP contribution in [0.2, 0.25) is 0 Å². The van der Waals surface area contributed by atoms with Crippen LogP contribution in [-0.4, -0.2) is 17.7 Å². The van der Waals surface area contributed by atoms with Gasteiger partial charge in [0.2, 0.25) is 5.91 Å². The van der Waals surface area contributed by atoms with Gasteiger partial charge in [-0.3, -0.25) is 9.59 Å². The second-order valence-electron chi connectivity index (χ2n) is 4.28. The first-order valence-corrected chi connectivity index (χ1v) is 5.71. The van der Waals surface area contributed by atoms with Gasteiger partial charge >= 0.3 is 0 Å². The van der Waals surface area contributed by atoms with E-state index in [-0.39, 0.29) is 30.0 Å². The van der Waals surface area contributed by atoms with Crippen LogP contribution in [0.5, 0.6) is 0 Å². The van der Waals surface area contributed by atoms with Gasteiger partial charge in [-0.05, 0) is 30.5 Å². The molecule has 0 unspecified atom stereocenters. The van der Waals surface area contributed by atoms with Crippen LogP contribution in [0, 0.1) is 5.82 Å². The maximum Gasteiger partial charge on any atom is 0.224 e. The van der Waals surface area contributed by atoms with Crippen LogP contribution in [0.15, 0.2) is 24.3 Å². The van der Waals surface area contributed by atoms with E-state index >= 15 is 0 Å². The highest BCUT2D eigenvalue weighted by molar-refractivity contribution is 5.91. The van der Waals surface area contributed by atoms with Crippen LogP contribution in [0.3, 0.4) is 0 Å². The molecule has 0 aliphatic heterocycles. The summed E-state index contributed by atoms with van der Waals surface area (Å²) in [4.78, 5) is 23.0. The third-order valence-corrected chi connectivity index (χ3v) is 2.92. The van der Waals surface area contributed by atoms with E-state index in [9.17, 15) is 14.0 Å². The van der Waals surface area contributed by atoms with Crippen LogP contribution in [0.1, 0.15) is 24.8 Å². The lowest BCUT2D eigenvalue weighted by Crippen LogP contribution is -2.38. The third kappa shape index (κ3) is 3.12. The normalized spacial score (nSPS) is 19.4. The molecule has 2 rings (SSSR count). The number of ketones is 1. The summed E-state index contributed by atoms with van der Waals surface area (Å²) in [5.74, 6) is -0.394. The van der Waals surface area contributed by atoms with Gasteiger partial charge in [-0.1, -0.05) is 12.1 Å². The minimum Gasteiger partial charge on any atom is -0.346 e. The molecule has 0 aromatic heterocycles. The highest BCUT2D eigenvalue weighted by Crippen LogP contribution is 2.14. The van der Waals surface area contributed by atoms with E-state index in [0.717, 1.165) is 18.4 Å². The largest absolute Gasteiger partial charge is 0.346 e. The van der Waals surface area contributed by atoms with E-state index in [4.69, 9.17) is 0 Å². The summed E-state index contributed by atoms with van der Waals surface area (Å²) < 4.78 is 12.7. The molecule has 1 N–H and O–H groups in total. The van der Waals surface area contributed by atoms with Crippen molar-refractivity contribution in [2.45, 2.75) is 31.7 Å². The number of hydrogen-bond donors (Lipinski definition) is 1. The summed E-state index contributed by atoms with van der Waals surface area (Å²) in [5, 5.41) is 2.71. The van der Waals surface area contributed by atoms with Crippen molar-refractivity contribution in [2.24, 2.45) is 0 Å². The smallest absolute Gasteiger partial charge is 0.224 e. The van der Waals surface area contributed by atoms with Crippen LogP contribution in [-0.2, 0) is 16.0 Å². The number of nitrogens with one attached hydrogen (secondary N) is 1. The van der Waals surface area contributed by atoms with Crippen molar-refractivity contribution in [1.29, 1.82) is 0 Å². The van der Waals surface area contributed by atoms with E-state index in [1.807, 2.05) is 0 Å². The third-order valence-electron chi connectivity index (χ3n) is 2.92. The van der Waals surface area contributed by atoms with Crippen molar-refractivity contribution in [2.75, 3.05) is 0 Å². The zero-order chi connectivity index (χ0) is 12.3. The maximum absolute atomic E-state index is 12.7. The summed E-state index contributed by atoms with van der Waals surface area (Å²) in [6, 6.07) is 5.48. The number of halogens is 1. The molecule has 1 aliphatic carbocycles. The van der Waals surface area contributed by atoms with Gasteiger partial charge in [-0.2, -0.15) is 0 Å². The van der Waals surface area contributed by atoms with Gasteiger partial charge in [-0.15, -0.1) is 0 Å². The van der Waals surface area contributed by atoms with Crippen molar-refractivity contribution >= 4 is 11.7 Å². The fraction of sp³-hybridized carbons (Fsp3) is 0.385.